The summed E-state index contributed by atoms with van der Waals surface area (Å²) in [6.07, 6.45) is 1.67. The molecule has 6 nitrogen and oxygen atoms in total. The summed E-state index contributed by atoms with van der Waals surface area (Å²) >= 11 is 0. The van der Waals surface area contributed by atoms with Gasteiger partial charge >= 0.3 is 0 Å². The zero-order valence-electron chi connectivity index (χ0n) is 9.39. The maximum atomic E-state index is 11.8. The van der Waals surface area contributed by atoms with Crippen molar-refractivity contribution in [3.05, 3.63) is 0 Å². The van der Waals surface area contributed by atoms with Crippen molar-refractivity contribution in [1.82, 2.24) is 10.2 Å². The molecule has 1 aliphatic heterocycles. The normalized spacial score (nSPS) is 19.9. The van der Waals surface area contributed by atoms with E-state index in [1.165, 1.54) is 11.8 Å². The van der Waals surface area contributed by atoms with Crippen LogP contribution in [0.1, 0.15) is 13.3 Å². The molecule has 0 aromatic carbocycles. The average Bonchev–Trinajstić information content (AvgIpc) is 2.39. The van der Waals surface area contributed by atoms with E-state index in [4.69, 9.17) is 0 Å². The molecular weight excluding hydrogens is 232 g/mol. The van der Waals surface area contributed by atoms with Gasteiger partial charge in [-0.15, -0.1) is 0 Å². The third-order valence-electron chi connectivity index (χ3n) is 2.56. The Morgan fingerprint density at radius 2 is 2.12 bits per heavy atom. The Morgan fingerprint density at radius 3 is 2.69 bits per heavy atom. The number of hydrogen-bond acceptors (Lipinski definition) is 4. The van der Waals surface area contributed by atoms with E-state index < -0.39 is 21.0 Å². The van der Waals surface area contributed by atoms with E-state index >= 15 is 0 Å². The molecule has 1 heterocycles. The van der Waals surface area contributed by atoms with E-state index in [9.17, 15) is 18.0 Å². The monoisotopic (exact) mass is 248 g/mol. The van der Waals surface area contributed by atoms with Crippen LogP contribution >= 0.6 is 0 Å². The third kappa shape index (κ3) is 3.19. The summed E-state index contributed by atoms with van der Waals surface area (Å²) < 4.78 is 22.5. The quantitative estimate of drug-likeness (QED) is 0.663. The zero-order valence-corrected chi connectivity index (χ0v) is 10.2. The highest BCUT2D eigenvalue weighted by atomic mass is 32.2. The summed E-state index contributed by atoms with van der Waals surface area (Å²) in [5, 5.41) is 1.54. The molecule has 0 radical (unpaired) electrons. The van der Waals surface area contributed by atoms with Gasteiger partial charge < -0.3 is 10.2 Å². The number of nitrogens with one attached hydrogen (secondary N) is 1. The lowest BCUT2D eigenvalue weighted by atomic mass is 10.3. The van der Waals surface area contributed by atoms with Gasteiger partial charge in [0.1, 0.15) is 5.25 Å². The van der Waals surface area contributed by atoms with Crippen LogP contribution in [0.3, 0.4) is 0 Å². The molecule has 1 unspecified atom stereocenters. The Bertz CT molecular complexity index is 390. The molecule has 0 spiro atoms. The summed E-state index contributed by atoms with van der Waals surface area (Å²) in [4.78, 5) is 24.3. The molecule has 1 N–H and O–H groups in total. The van der Waals surface area contributed by atoms with E-state index in [-0.39, 0.29) is 12.5 Å². The lowest BCUT2D eigenvalue weighted by Gasteiger charge is -2.21. The molecule has 7 heteroatoms. The summed E-state index contributed by atoms with van der Waals surface area (Å²) in [5.74, 6) is -0.744. The molecule has 92 valence electrons. The first-order valence-electron chi connectivity index (χ1n) is 5.06. The molecule has 1 fully saturated rings. The minimum absolute atomic E-state index is 0.0569. The van der Waals surface area contributed by atoms with Crippen LogP contribution in [0.25, 0.3) is 0 Å². The number of rotatable bonds is 2. The predicted octanol–water partition coefficient (Wildman–Crippen LogP) is -1.23. The molecule has 2 amide bonds. The van der Waals surface area contributed by atoms with Crippen molar-refractivity contribution in [3.8, 4) is 0 Å². The first-order valence-corrected chi connectivity index (χ1v) is 7.02. The number of carbonyl (C=O) groups is 2. The summed E-state index contributed by atoms with van der Waals surface area (Å²) in [6.45, 7) is 2.23. The summed E-state index contributed by atoms with van der Waals surface area (Å²) in [7, 11) is -3.40. The highest BCUT2D eigenvalue weighted by molar-refractivity contribution is 7.92. The van der Waals surface area contributed by atoms with Crippen molar-refractivity contribution < 1.29 is 18.0 Å². The van der Waals surface area contributed by atoms with Gasteiger partial charge in [-0.05, 0) is 13.3 Å². The van der Waals surface area contributed by atoms with Crippen LogP contribution in [0.5, 0.6) is 0 Å². The van der Waals surface area contributed by atoms with Gasteiger partial charge in [-0.1, -0.05) is 0 Å². The van der Waals surface area contributed by atoms with Gasteiger partial charge in [-0.3, -0.25) is 9.59 Å². The smallest absolute Gasteiger partial charge is 0.241 e. The molecule has 16 heavy (non-hydrogen) atoms. The lowest BCUT2D eigenvalue weighted by Crippen LogP contribution is -2.44. The summed E-state index contributed by atoms with van der Waals surface area (Å²) in [6, 6.07) is 0. The predicted molar refractivity (Wildman–Crippen MR) is 58.5 cm³/mol. The maximum absolute atomic E-state index is 11.8. The first kappa shape index (κ1) is 13.0. The molecule has 0 aliphatic carbocycles. The fourth-order valence-electron chi connectivity index (χ4n) is 1.43. The first-order chi connectivity index (χ1) is 7.32. The van der Waals surface area contributed by atoms with Gasteiger partial charge in [0, 0.05) is 19.3 Å². The van der Waals surface area contributed by atoms with Gasteiger partial charge in [0.25, 0.3) is 0 Å². The summed E-state index contributed by atoms with van der Waals surface area (Å²) in [5.41, 5.74) is 0. The third-order valence-corrected chi connectivity index (χ3v) is 4.05. The van der Waals surface area contributed by atoms with Gasteiger partial charge in [-0.25, -0.2) is 8.42 Å². The molecule has 0 aromatic heterocycles. The van der Waals surface area contributed by atoms with E-state index in [0.29, 0.717) is 19.5 Å². The van der Waals surface area contributed by atoms with Crippen LogP contribution in [0.2, 0.25) is 0 Å². The minimum atomic E-state index is -3.40. The molecule has 1 aliphatic rings. The zero-order chi connectivity index (χ0) is 12.3. The van der Waals surface area contributed by atoms with Crippen molar-refractivity contribution in [2.75, 3.05) is 25.9 Å². The number of amides is 2. The Labute approximate surface area is 94.9 Å². The van der Waals surface area contributed by atoms with E-state index in [2.05, 4.69) is 5.32 Å². The highest BCUT2D eigenvalue weighted by Crippen LogP contribution is 2.06. The standard InChI is InChI=1S/C9H16N2O4S/c1-7(16(2,14)15)9(13)11-5-3-4-10-8(12)6-11/h7H,3-6H2,1-2H3,(H,10,12). The Balaban J connectivity index is 2.76. The SMILES string of the molecule is CC(C(=O)N1CCCNC(=O)C1)S(C)(=O)=O. The Hall–Kier alpha value is -1.11. The van der Waals surface area contributed by atoms with E-state index in [1.54, 1.807) is 0 Å². The molecule has 1 atom stereocenters. The largest absolute Gasteiger partial charge is 0.354 e. The average molecular weight is 248 g/mol. The van der Waals surface area contributed by atoms with Crippen LogP contribution in [0.15, 0.2) is 0 Å². The Kier molecular flexibility index (Phi) is 3.90. The fourth-order valence-corrected chi connectivity index (χ4v) is 1.95. The number of sulfone groups is 1. The minimum Gasteiger partial charge on any atom is -0.354 e. The van der Waals surface area contributed by atoms with Crippen LogP contribution in [-0.4, -0.2) is 56.3 Å². The molecule has 0 saturated carbocycles. The molecular formula is C9H16N2O4S. The second kappa shape index (κ2) is 4.82. The second-order valence-electron chi connectivity index (χ2n) is 3.94. The number of nitrogens with zero attached hydrogens (tertiary/aromatic N) is 1. The maximum Gasteiger partial charge on any atom is 0.241 e. The lowest BCUT2D eigenvalue weighted by molar-refractivity contribution is -0.134. The molecule has 0 bridgehead atoms. The van der Waals surface area contributed by atoms with E-state index in [0.717, 1.165) is 6.26 Å². The van der Waals surface area contributed by atoms with Gasteiger partial charge in [-0.2, -0.15) is 0 Å². The number of hydrogen-bond donors (Lipinski definition) is 1. The second-order valence-corrected chi connectivity index (χ2v) is 6.30. The van der Waals surface area contributed by atoms with Gasteiger partial charge in [0.05, 0.1) is 6.54 Å². The van der Waals surface area contributed by atoms with Gasteiger partial charge in [0.15, 0.2) is 9.84 Å². The molecule has 0 aromatic rings. The Morgan fingerprint density at radius 1 is 1.50 bits per heavy atom. The van der Waals surface area contributed by atoms with Crippen LogP contribution in [-0.2, 0) is 19.4 Å². The molecule has 1 saturated heterocycles. The number of carbonyl (C=O) groups excluding carboxylic acids is 2. The van der Waals surface area contributed by atoms with Crippen molar-refractivity contribution in [1.29, 1.82) is 0 Å². The van der Waals surface area contributed by atoms with Crippen LogP contribution < -0.4 is 5.32 Å². The highest BCUT2D eigenvalue weighted by Gasteiger charge is 2.29. The van der Waals surface area contributed by atoms with Crippen LogP contribution in [0, 0.1) is 0 Å². The van der Waals surface area contributed by atoms with E-state index in [1.807, 2.05) is 0 Å². The van der Waals surface area contributed by atoms with Crippen molar-refractivity contribution in [2.24, 2.45) is 0 Å². The topological polar surface area (TPSA) is 83.6 Å². The van der Waals surface area contributed by atoms with Crippen molar-refractivity contribution in [3.63, 3.8) is 0 Å². The van der Waals surface area contributed by atoms with Gasteiger partial charge in [0.2, 0.25) is 11.8 Å². The van der Waals surface area contributed by atoms with Crippen molar-refractivity contribution >= 4 is 21.7 Å². The molecule has 1 rings (SSSR count). The van der Waals surface area contributed by atoms with Crippen molar-refractivity contribution in [2.45, 2.75) is 18.6 Å². The van der Waals surface area contributed by atoms with Crippen LogP contribution in [0.4, 0.5) is 0 Å². The fraction of sp³-hybridized carbons (Fsp3) is 0.778.